The third kappa shape index (κ3) is 3.78. The highest BCUT2D eigenvalue weighted by Crippen LogP contribution is 2.04. The van der Waals surface area contributed by atoms with Gasteiger partial charge in [0.05, 0.1) is 5.69 Å². The molecule has 15 heavy (non-hydrogen) atoms. The van der Waals surface area contributed by atoms with Crippen LogP contribution in [0.15, 0.2) is 23.1 Å². The smallest absolute Gasteiger partial charge is 0.250 e. The Kier molecular flexibility index (Phi) is 4.95. The van der Waals surface area contributed by atoms with Gasteiger partial charge in [0.25, 0.3) is 5.56 Å². The van der Waals surface area contributed by atoms with E-state index in [4.69, 9.17) is 0 Å². The molecule has 84 valence electrons. The van der Waals surface area contributed by atoms with E-state index in [2.05, 4.69) is 19.2 Å². The molecule has 1 aromatic heterocycles. The van der Waals surface area contributed by atoms with Gasteiger partial charge in [-0.15, -0.1) is 0 Å². The molecule has 0 radical (unpaired) electrons. The van der Waals surface area contributed by atoms with Gasteiger partial charge in [-0.3, -0.25) is 4.79 Å². The third-order valence-electron chi connectivity index (χ3n) is 2.31. The van der Waals surface area contributed by atoms with E-state index in [0.29, 0.717) is 0 Å². The number of aromatic nitrogens is 1. The molecule has 3 heteroatoms. The average Bonchev–Trinajstić information content (AvgIpc) is 2.23. The third-order valence-corrected chi connectivity index (χ3v) is 2.31. The number of nitrogens with zero attached hydrogens (tertiary/aromatic N) is 1. The zero-order valence-corrected chi connectivity index (χ0v) is 9.62. The summed E-state index contributed by atoms with van der Waals surface area (Å²) in [6, 6.07) is 3.48. The van der Waals surface area contributed by atoms with Gasteiger partial charge < -0.3 is 9.88 Å². The number of pyridine rings is 1. The van der Waals surface area contributed by atoms with Gasteiger partial charge in [-0.1, -0.05) is 20.3 Å². The molecule has 1 rings (SSSR count). The van der Waals surface area contributed by atoms with Crippen molar-refractivity contribution in [1.82, 2.24) is 4.57 Å². The molecule has 0 saturated carbocycles. The molecular formula is C12H20N2O. The summed E-state index contributed by atoms with van der Waals surface area (Å²) < 4.78 is 1.76. The second kappa shape index (κ2) is 6.27. The number of nitrogens with one attached hydrogen (secondary N) is 1. The molecule has 1 aromatic rings. The lowest BCUT2D eigenvalue weighted by molar-refractivity contribution is 0.654. The van der Waals surface area contributed by atoms with Crippen LogP contribution in [-0.2, 0) is 6.54 Å². The van der Waals surface area contributed by atoms with Crippen LogP contribution in [0.4, 0.5) is 5.69 Å². The van der Waals surface area contributed by atoms with E-state index in [-0.39, 0.29) is 5.56 Å². The zero-order chi connectivity index (χ0) is 11.1. The van der Waals surface area contributed by atoms with E-state index in [1.165, 1.54) is 6.42 Å². The van der Waals surface area contributed by atoms with E-state index in [0.717, 1.165) is 31.6 Å². The molecule has 0 atom stereocenters. The molecule has 1 heterocycles. The van der Waals surface area contributed by atoms with Crippen LogP contribution >= 0.6 is 0 Å². The minimum atomic E-state index is 0.0814. The van der Waals surface area contributed by atoms with Crippen molar-refractivity contribution < 1.29 is 0 Å². The summed E-state index contributed by atoms with van der Waals surface area (Å²) in [5, 5.41) is 3.31. The van der Waals surface area contributed by atoms with E-state index in [1.807, 2.05) is 12.3 Å². The second-order valence-electron chi connectivity index (χ2n) is 3.73. The molecule has 0 aromatic carbocycles. The fourth-order valence-corrected chi connectivity index (χ4v) is 1.46. The summed E-state index contributed by atoms with van der Waals surface area (Å²) in [6.45, 7) is 6.01. The summed E-state index contributed by atoms with van der Waals surface area (Å²) in [7, 11) is 0. The first kappa shape index (κ1) is 11.8. The number of aryl methyl sites for hydroxylation is 1. The van der Waals surface area contributed by atoms with Crippen molar-refractivity contribution in [2.45, 2.75) is 39.7 Å². The molecule has 0 aliphatic heterocycles. The van der Waals surface area contributed by atoms with Crippen molar-refractivity contribution >= 4 is 5.69 Å². The Hall–Kier alpha value is -1.25. The highest BCUT2D eigenvalue weighted by Gasteiger charge is 1.96. The molecule has 3 nitrogen and oxygen atoms in total. The van der Waals surface area contributed by atoms with Gasteiger partial charge in [-0.25, -0.2) is 0 Å². The number of hydrogen-bond donors (Lipinski definition) is 1. The maximum atomic E-state index is 11.4. The topological polar surface area (TPSA) is 34.0 Å². The van der Waals surface area contributed by atoms with Crippen LogP contribution in [0.5, 0.6) is 0 Å². The molecule has 0 saturated heterocycles. The number of unbranched alkanes of at least 4 members (excludes halogenated alkanes) is 1. The van der Waals surface area contributed by atoms with Crippen LogP contribution in [0, 0.1) is 0 Å². The van der Waals surface area contributed by atoms with Gasteiger partial charge in [0.2, 0.25) is 0 Å². The van der Waals surface area contributed by atoms with Crippen LogP contribution in [0.3, 0.4) is 0 Å². The molecule has 0 spiro atoms. The first-order valence-electron chi connectivity index (χ1n) is 5.72. The predicted molar refractivity (Wildman–Crippen MR) is 64.4 cm³/mol. The Morgan fingerprint density at radius 2 is 2.07 bits per heavy atom. The van der Waals surface area contributed by atoms with Crippen molar-refractivity contribution in [2.24, 2.45) is 0 Å². The van der Waals surface area contributed by atoms with Crippen molar-refractivity contribution in [3.8, 4) is 0 Å². The molecule has 0 aliphatic carbocycles. The van der Waals surface area contributed by atoms with Gasteiger partial charge in [0, 0.05) is 25.4 Å². The maximum absolute atomic E-state index is 11.4. The van der Waals surface area contributed by atoms with Crippen LogP contribution in [0.1, 0.15) is 33.1 Å². The first-order valence-corrected chi connectivity index (χ1v) is 5.72. The van der Waals surface area contributed by atoms with Crippen molar-refractivity contribution in [3.05, 3.63) is 28.7 Å². The van der Waals surface area contributed by atoms with Crippen molar-refractivity contribution in [3.63, 3.8) is 0 Å². The average molecular weight is 208 g/mol. The Labute approximate surface area is 91.1 Å². The summed E-state index contributed by atoms with van der Waals surface area (Å²) in [5.74, 6) is 0. The largest absolute Gasteiger partial charge is 0.384 e. The molecule has 0 bridgehead atoms. The summed E-state index contributed by atoms with van der Waals surface area (Å²) in [5.41, 5.74) is 1.12. The number of anilines is 1. The Balaban J connectivity index is 2.65. The van der Waals surface area contributed by atoms with E-state index < -0.39 is 0 Å². The van der Waals surface area contributed by atoms with Crippen molar-refractivity contribution in [1.29, 1.82) is 0 Å². The SMILES string of the molecule is CCCCNc1ccc(=O)n(CCC)c1. The summed E-state index contributed by atoms with van der Waals surface area (Å²) in [4.78, 5) is 11.4. The lowest BCUT2D eigenvalue weighted by Crippen LogP contribution is -2.19. The van der Waals surface area contributed by atoms with Gasteiger partial charge in [-0.2, -0.15) is 0 Å². The number of hydrogen-bond acceptors (Lipinski definition) is 2. The van der Waals surface area contributed by atoms with Crippen molar-refractivity contribution in [2.75, 3.05) is 11.9 Å². The quantitative estimate of drug-likeness (QED) is 0.729. The van der Waals surface area contributed by atoms with Gasteiger partial charge in [0.1, 0.15) is 0 Å². The lowest BCUT2D eigenvalue weighted by Gasteiger charge is -2.08. The normalized spacial score (nSPS) is 10.3. The molecule has 1 N–H and O–H groups in total. The Bertz CT molecular complexity index is 344. The highest BCUT2D eigenvalue weighted by atomic mass is 16.1. The van der Waals surface area contributed by atoms with Crippen LogP contribution < -0.4 is 10.9 Å². The summed E-state index contributed by atoms with van der Waals surface area (Å²) >= 11 is 0. The van der Waals surface area contributed by atoms with E-state index in [9.17, 15) is 4.79 Å². The molecule has 0 unspecified atom stereocenters. The fraction of sp³-hybridized carbons (Fsp3) is 0.583. The molecular weight excluding hydrogens is 188 g/mol. The predicted octanol–water partition coefficient (Wildman–Crippen LogP) is 2.47. The van der Waals surface area contributed by atoms with E-state index in [1.54, 1.807) is 10.6 Å². The van der Waals surface area contributed by atoms with Gasteiger partial charge in [-0.05, 0) is 18.9 Å². The fourth-order valence-electron chi connectivity index (χ4n) is 1.46. The minimum absolute atomic E-state index is 0.0814. The minimum Gasteiger partial charge on any atom is -0.384 e. The molecule has 0 fully saturated rings. The van der Waals surface area contributed by atoms with Gasteiger partial charge >= 0.3 is 0 Å². The zero-order valence-electron chi connectivity index (χ0n) is 9.62. The molecule has 0 aliphatic rings. The first-order chi connectivity index (χ1) is 7.27. The monoisotopic (exact) mass is 208 g/mol. The highest BCUT2D eigenvalue weighted by molar-refractivity contribution is 5.39. The lowest BCUT2D eigenvalue weighted by atomic mass is 10.3. The van der Waals surface area contributed by atoms with Crippen LogP contribution in [0.2, 0.25) is 0 Å². The Morgan fingerprint density at radius 3 is 2.73 bits per heavy atom. The maximum Gasteiger partial charge on any atom is 0.250 e. The standard InChI is InChI=1S/C12H20N2O/c1-3-5-8-13-11-6-7-12(15)14(10-11)9-4-2/h6-7,10,13H,3-5,8-9H2,1-2H3. The van der Waals surface area contributed by atoms with Gasteiger partial charge in [0.15, 0.2) is 0 Å². The molecule has 0 amide bonds. The Morgan fingerprint density at radius 1 is 1.27 bits per heavy atom. The van der Waals surface area contributed by atoms with Crippen LogP contribution in [-0.4, -0.2) is 11.1 Å². The second-order valence-corrected chi connectivity index (χ2v) is 3.73. The summed E-state index contributed by atoms with van der Waals surface area (Å²) in [6.07, 6.45) is 5.23. The van der Waals surface area contributed by atoms with E-state index >= 15 is 0 Å². The number of rotatable bonds is 6. The van der Waals surface area contributed by atoms with Crippen LogP contribution in [0.25, 0.3) is 0 Å².